The van der Waals surface area contributed by atoms with Crippen LogP contribution in [0.1, 0.15) is 20.8 Å². The molecule has 0 aliphatic heterocycles. The number of Topliss-reactive ketones (excluding diaryl/α,β-unsaturated/α-hetero) is 1. The first-order valence-corrected chi connectivity index (χ1v) is 6.49. The van der Waals surface area contributed by atoms with Crippen LogP contribution in [-0.4, -0.2) is 61.5 Å². The third-order valence-electron chi connectivity index (χ3n) is 2.50. The molecule has 0 aliphatic rings. The predicted octanol–water partition coefficient (Wildman–Crippen LogP) is 1.08. The molecule has 0 aliphatic carbocycles. The van der Waals surface area contributed by atoms with E-state index >= 15 is 0 Å². The van der Waals surface area contributed by atoms with Crippen molar-refractivity contribution in [1.82, 2.24) is 4.90 Å². The number of ether oxygens (including phenoxy) is 2. The quantitative estimate of drug-likeness (QED) is 0.467. The summed E-state index contributed by atoms with van der Waals surface area (Å²) in [4.78, 5) is 24.5. The first-order chi connectivity index (χ1) is 8.38. The number of hydrogen-bond donors (Lipinski definition) is 0. The summed E-state index contributed by atoms with van der Waals surface area (Å²) in [5, 5.41) is 0. The SMILES string of the molecule is CC(=O)C(C)OC(=O)C(C)OCCN(C)CCCl. The standard InChI is InChI=1S/C12H22ClNO4/c1-9(15)10(2)18-12(16)11(3)17-8-7-14(4)6-5-13/h10-11H,5-8H2,1-4H3. The van der Waals surface area contributed by atoms with Gasteiger partial charge in [-0.3, -0.25) is 4.79 Å². The molecule has 6 heteroatoms. The van der Waals surface area contributed by atoms with E-state index in [0.717, 1.165) is 6.54 Å². The number of carbonyl (C=O) groups is 2. The maximum Gasteiger partial charge on any atom is 0.335 e. The molecule has 2 atom stereocenters. The topological polar surface area (TPSA) is 55.8 Å². The average Bonchev–Trinajstić information content (AvgIpc) is 2.28. The van der Waals surface area contributed by atoms with Gasteiger partial charge in [0.15, 0.2) is 18.0 Å². The van der Waals surface area contributed by atoms with Crippen LogP contribution in [0.15, 0.2) is 0 Å². The lowest BCUT2D eigenvalue weighted by Gasteiger charge is -2.18. The van der Waals surface area contributed by atoms with Gasteiger partial charge in [-0.15, -0.1) is 11.6 Å². The van der Waals surface area contributed by atoms with Crippen molar-refractivity contribution in [2.75, 3.05) is 32.6 Å². The summed E-state index contributed by atoms with van der Waals surface area (Å²) in [5.74, 6) is -0.139. The summed E-state index contributed by atoms with van der Waals surface area (Å²) >= 11 is 5.59. The van der Waals surface area contributed by atoms with Crippen molar-refractivity contribution < 1.29 is 19.1 Å². The molecule has 0 amide bonds. The minimum Gasteiger partial charge on any atom is -0.453 e. The van der Waals surface area contributed by atoms with Gasteiger partial charge in [-0.1, -0.05) is 0 Å². The zero-order chi connectivity index (χ0) is 14.1. The van der Waals surface area contributed by atoms with Gasteiger partial charge in [-0.05, 0) is 27.8 Å². The molecule has 0 saturated heterocycles. The highest BCUT2D eigenvalue weighted by molar-refractivity contribution is 6.18. The molecule has 0 aromatic rings. The largest absolute Gasteiger partial charge is 0.453 e. The maximum absolute atomic E-state index is 11.5. The van der Waals surface area contributed by atoms with E-state index in [1.807, 2.05) is 11.9 Å². The summed E-state index contributed by atoms with van der Waals surface area (Å²) < 4.78 is 10.3. The number of halogens is 1. The Morgan fingerprint density at radius 3 is 2.33 bits per heavy atom. The zero-order valence-electron chi connectivity index (χ0n) is 11.4. The molecule has 0 bridgehead atoms. The van der Waals surface area contributed by atoms with E-state index < -0.39 is 18.2 Å². The molecular formula is C12H22ClNO4. The highest BCUT2D eigenvalue weighted by atomic mass is 35.5. The lowest BCUT2D eigenvalue weighted by atomic mass is 10.3. The Morgan fingerprint density at radius 1 is 1.22 bits per heavy atom. The fourth-order valence-electron chi connectivity index (χ4n) is 1.06. The molecule has 0 heterocycles. The number of ketones is 1. The Kier molecular flexibility index (Phi) is 8.97. The summed E-state index contributed by atoms with van der Waals surface area (Å²) in [6.45, 7) is 6.40. The monoisotopic (exact) mass is 279 g/mol. The van der Waals surface area contributed by atoms with E-state index in [0.29, 0.717) is 19.0 Å². The fraction of sp³-hybridized carbons (Fsp3) is 0.833. The molecule has 0 radical (unpaired) electrons. The van der Waals surface area contributed by atoms with Gasteiger partial charge in [0.2, 0.25) is 0 Å². The van der Waals surface area contributed by atoms with Crippen molar-refractivity contribution in [3.05, 3.63) is 0 Å². The lowest BCUT2D eigenvalue weighted by Crippen LogP contribution is -2.32. The molecule has 2 unspecified atom stereocenters. The molecule has 106 valence electrons. The van der Waals surface area contributed by atoms with Gasteiger partial charge in [-0.2, -0.15) is 0 Å². The number of likely N-dealkylation sites (N-methyl/N-ethyl adjacent to an activating group) is 1. The van der Waals surface area contributed by atoms with Gasteiger partial charge >= 0.3 is 5.97 Å². The second kappa shape index (κ2) is 9.30. The third kappa shape index (κ3) is 7.63. The van der Waals surface area contributed by atoms with Crippen molar-refractivity contribution in [1.29, 1.82) is 0 Å². The van der Waals surface area contributed by atoms with Crippen LogP contribution >= 0.6 is 11.6 Å². The molecule has 0 aromatic heterocycles. The average molecular weight is 280 g/mol. The van der Waals surface area contributed by atoms with Crippen LogP contribution in [0.25, 0.3) is 0 Å². The molecule has 5 nitrogen and oxygen atoms in total. The number of nitrogens with zero attached hydrogens (tertiary/aromatic N) is 1. The second-order valence-electron chi connectivity index (χ2n) is 4.20. The van der Waals surface area contributed by atoms with E-state index in [1.165, 1.54) is 6.92 Å². The molecule has 0 saturated carbocycles. The Hall–Kier alpha value is -0.650. The highest BCUT2D eigenvalue weighted by Crippen LogP contribution is 2.00. The van der Waals surface area contributed by atoms with E-state index in [4.69, 9.17) is 21.1 Å². The Bertz CT molecular complexity index is 273. The van der Waals surface area contributed by atoms with Crippen LogP contribution in [0.5, 0.6) is 0 Å². The van der Waals surface area contributed by atoms with Crippen molar-refractivity contribution >= 4 is 23.4 Å². The summed E-state index contributed by atoms with van der Waals surface area (Å²) in [6, 6.07) is 0. The minimum atomic E-state index is -0.720. The Balaban J connectivity index is 3.84. The molecule has 18 heavy (non-hydrogen) atoms. The first-order valence-electron chi connectivity index (χ1n) is 5.95. The van der Waals surface area contributed by atoms with E-state index in [9.17, 15) is 9.59 Å². The van der Waals surface area contributed by atoms with Gasteiger partial charge in [0.25, 0.3) is 0 Å². The van der Waals surface area contributed by atoms with Crippen LogP contribution < -0.4 is 0 Å². The summed E-state index contributed by atoms with van der Waals surface area (Å²) in [7, 11) is 1.92. The van der Waals surface area contributed by atoms with E-state index in [-0.39, 0.29) is 5.78 Å². The van der Waals surface area contributed by atoms with E-state index in [2.05, 4.69) is 0 Å². The summed E-state index contributed by atoms with van der Waals surface area (Å²) in [6.07, 6.45) is -1.39. The van der Waals surface area contributed by atoms with Crippen LogP contribution in [0.2, 0.25) is 0 Å². The number of alkyl halides is 1. The maximum atomic E-state index is 11.5. The van der Waals surface area contributed by atoms with Crippen LogP contribution in [-0.2, 0) is 19.1 Å². The van der Waals surface area contributed by atoms with Crippen molar-refractivity contribution in [3.8, 4) is 0 Å². The predicted molar refractivity (Wildman–Crippen MR) is 69.9 cm³/mol. The van der Waals surface area contributed by atoms with Gasteiger partial charge < -0.3 is 14.4 Å². The van der Waals surface area contributed by atoms with Crippen LogP contribution in [0, 0.1) is 0 Å². The van der Waals surface area contributed by atoms with Gasteiger partial charge in [0, 0.05) is 19.0 Å². The third-order valence-corrected chi connectivity index (χ3v) is 2.67. The van der Waals surface area contributed by atoms with Crippen molar-refractivity contribution in [3.63, 3.8) is 0 Å². The minimum absolute atomic E-state index is 0.183. The first kappa shape index (κ1) is 17.4. The summed E-state index contributed by atoms with van der Waals surface area (Å²) in [5.41, 5.74) is 0. The molecule has 0 aromatic carbocycles. The smallest absolute Gasteiger partial charge is 0.335 e. The van der Waals surface area contributed by atoms with Gasteiger partial charge in [0.1, 0.15) is 0 Å². The Labute approximate surface area is 113 Å². The molecular weight excluding hydrogens is 258 g/mol. The van der Waals surface area contributed by atoms with Crippen LogP contribution in [0.4, 0.5) is 0 Å². The number of carbonyl (C=O) groups excluding carboxylic acids is 2. The van der Waals surface area contributed by atoms with Gasteiger partial charge in [0.05, 0.1) is 6.61 Å². The normalized spacial score (nSPS) is 14.3. The lowest BCUT2D eigenvalue weighted by molar-refractivity contribution is -0.164. The second-order valence-corrected chi connectivity index (χ2v) is 4.57. The van der Waals surface area contributed by atoms with Crippen molar-refractivity contribution in [2.24, 2.45) is 0 Å². The molecule has 0 spiro atoms. The van der Waals surface area contributed by atoms with Crippen molar-refractivity contribution in [2.45, 2.75) is 33.0 Å². The Morgan fingerprint density at radius 2 is 1.83 bits per heavy atom. The highest BCUT2D eigenvalue weighted by Gasteiger charge is 2.20. The number of hydrogen-bond acceptors (Lipinski definition) is 5. The van der Waals surface area contributed by atoms with Gasteiger partial charge in [-0.25, -0.2) is 4.79 Å². The molecule has 0 N–H and O–H groups in total. The zero-order valence-corrected chi connectivity index (χ0v) is 12.2. The fourth-order valence-corrected chi connectivity index (χ4v) is 1.35. The molecule has 0 rings (SSSR count). The number of rotatable bonds is 9. The van der Waals surface area contributed by atoms with Crippen LogP contribution in [0.3, 0.4) is 0 Å². The molecule has 0 fully saturated rings. The number of esters is 1. The van der Waals surface area contributed by atoms with E-state index in [1.54, 1.807) is 13.8 Å².